The topological polar surface area (TPSA) is 18.5 Å². The maximum atomic E-state index is 6.50. The number of hydrogen-bond acceptors (Lipinski definition) is 2. The molecule has 0 unspecified atom stereocenters. The average molecular weight is 328 g/mol. The summed E-state index contributed by atoms with van der Waals surface area (Å²) >= 11 is 0. The highest BCUT2D eigenvalue weighted by Gasteiger charge is 2.45. The quantitative estimate of drug-likeness (QED) is 0.484. The van der Waals surface area contributed by atoms with Gasteiger partial charge in [0.1, 0.15) is 17.1 Å². The summed E-state index contributed by atoms with van der Waals surface area (Å²) in [4.78, 5) is 0. The molecule has 2 aliphatic rings. The fraction of sp³-hybridized carbons (Fsp3) is 0.636. The molecular weight excluding hydrogens is 296 g/mol. The Hall–Kier alpha value is -1.44. The maximum Gasteiger partial charge on any atom is 0.127 e. The smallest absolute Gasteiger partial charge is 0.127 e. The van der Waals surface area contributed by atoms with Crippen molar-refractivity contribution in [1.82, 2.24) is 0 Å². The van der Waals surface area contributed by atoms with Gasteiger partial charge in [-0.1, -0.05) is 31.4 Å². The lowest BCUT2D eigenvalue weighted by atomic mass is 9.68. The van der Waals surface area contributed by atoms with Crippen molar-refractivity contribution in [3.8, 4) is 11.5 Å². The van der Waals surface area contributed by atoms with Gasteiger partial charge in [-0.15, -0.1) is 0 Å². The molecule has 1 aliphatic carbocycles. The van der Waals surface area contributed by atoms with E-state index in [0.717, 1.165) is 17.9 Å². The van der Waals surface area contributed by atoms with Crippen molar-refractivity contribution < 1.29 is 9.47 Å². The van der Waals surface area contributed by atoms with Crippen molar-refractivity contribution in [2.75, 3.05) is 7.11 Å². The monoisotopic (exact) mass is 328 g/mol. The van der Waals surface area contributed by atoms with Crippen LogP contribution in [0.15, 0.2) is 23.8 Å². The van der Waals surface area contributed by atoms with E-state index in [0.29, 0.717) is 11.8 Å². The molecule has 132 valence electrons. The average Bonchev–Trinajstić information content (AvgIpc) is 2.53. The molecule has 0 N–H and O–H groups in total. The first kappa shape index (κ1) is 17.4. The molecule has 1 aromatic rings. The minimum absolute atomic E-state index is 0.123. The van der Waals surface area contributed by atoms with Crippen LogP contribution in [0.4, 0.5) is 0 Å². The third kappa shape index (κ3) is 3.20. The summed E-state index contributed by atoms with van der Waals surface area (Å²) in [6, 6.07) is 4.51. The summed E-state index contributed by atoms with van der Waals surface area (Å²) in [7, 11) is 1.79. The number of rotatable bonds is 5. The van der Waals surface area contributed by atoms with Crippen LogP contribution < -0.4 is 9.47 Å². The molecule has 3 rings (SSSR count). The number of unbranched alkanes of at least 4 members (excludes halogenated alkanes) is 2. The number of benzene rings is 1. The second kappa shape index (κ2) is 6.82. The van der Waals surface area contributed by atoms with Crippen molar-refractivity contribution in [1.29, 1.82) is 0 Å². The molecule has 0 radical (unpaired) electrons. The molecule has 2 atom stereocenters. The van der Waals surface area contributed by atoms with Gasteiger partial charge in [-0.25, -0.2) is 0 Å². The van der Waals surface area contributed by atoms with Gasteiger partial charge in [0, 0.05) is 17.4 Å². The van der Waals surface area contributed by atoms with Gasteiger partial charge in [0.2, 0.25) is 0 Å². The fourth-order valence-electron chi connectivity index (χ4n) is 4.45. The molecule has 0 saturated carbocycles. The molecule has 1 aromatic carbocycles. The Kier molecular flexibility index (Phi) is 4.94. The van der Waals surface area contributed by atoms with Gasteiger partial charge >= 0.3 is 0 Å². The first-order valence-electron chi connectivity index (χ1n) is 9.53. The summed E-state index contributed by atoms with van der Waals surface area (Å²) in [5.41, 5.74) is 3.97. The lowest BCUT2D eigenvalue weighted by Crippen LogP contribution is -2.45. The number of allylic oxidation sites excluding steroid dienone is 2. The molecule has 2 nitrogen and oxygen atoms in total. The van der Waals surface area contributed by atoms with E-state index in [1.807, 2.05) is 0 Å². The van der Waals surface area contributed by atoms with E-state index in [4.69, 9.17) is 9.47 Å². The normalized spacial score (nSPS) is 24.5. The van der Waals surface area contributed by atoms with E-state index in [-0.39, 0.29) is 5.60 Å². The highest BCUT2D eigenvalue weighted by atomic mass is 16.5. The van der Waals surface area contributed by atoms with Crippen LogP contribution in [0.5, 0.6) is 11.5 Å². The van der Waals surface area contributed by atoms with Gasteiger partial charge < -0.3 is 9.47 Å². The number of ether oxygens (including phenoxy) is 2. The Labute approximate surface area is 147 Å². The Morgan fingerprint density at radius 3 is 2.75 bits per heavy atom. The van der Waals surface area contributed by atoms with Crippen LogP contribution in [0.25, 0.3) is 0 Å². The van der Waals surface area contributed by atoms with E-state index < -0.39 is 0 Å². The van der Waals surface area contributed by atoms with Crippen LogP contribution in [0, 0.1) is 5.92 Å². The van der Waals surface area contributed by atoms with Gasteiger partial charge in [-0.05, 0) is 64.2 Å². The molecule has 0 bridgehead atoms. The van der Waals surface area contributed by atoms with Crippen LogP contribution in [0.3, 0.4) is 0 Å². The van der Waals surface area contributed by atoms with E-state index in [1.54, 1.807) is 7.11 Å². The highest BCUT2D eigenvalue weighted by Crippen LogP contribution is 2.53. The van der Waals surface area contributed by atoms with Crippen molar-refractivity contribution in [2.24, 2.45) is 5.92 Å². The van der Waals surface area contributed by atoms with Gasteiger partial charge in [0.25, 0.3) is 0 Å². The van der Waals surface area contributed by atoms with E-state index in [9.17, 15) is 0 Å². The largest absolute Gasteiger partial charge is 0.496 e. The van der Waals surface area contributed by atoms with Crippen molar-refractivity contribution in [3.63, 3.8) is 0 Å². The van der Waals surface area contributed by atoms with E-state index >= 15 is 0 Å². The van der Waals surface area contributed by atoms with Gasteiger partial charge in [0.15, 0.2) is 0 Å². The second-order valence-corrected chi connectivity index (χ2v) is 8.06. The van der Waals surface area contributed by atoms with Gasteiger partial charge in [0.05, 0.1) is 7.11 Å². The first-order chi connectivity index (χ1) is 11.5. The number of fused-ring (bicyclic) bond motifs is 3. The lowest BCUT2D eigenvalue weighted by molar-refractivity contribution is 0.0107. The van der Waals surface area contributed by atoms with Crippen molar-refractivity contribution >= 4 is 0 Å². The summed E-state index contributed by atoms with van der Waals surface area (Å²) in [5.74, 6) is 2.99. The van der Waals surface area contributed by atoms with Gasteiger partial charge in [-0.3, -0.25) is 0 Å². The van der Waals surface area contributed by atoms with Crippen LogP contribution in [0.2, 0.25) is 0 Å². The molecule has 0 aromatic heterocycles. The third-order valence-corrected chi connectivity index (χ3v) is 5.80. The Bertz CT molecular complexity index is 627. The number of hydrogen-bond donors (Lipinski definition) is 0. The predicted octanol–water partition coefficient (Wildman–Crippen LogP) is 6.04. The summed E-state index contributed by atoms with van der Waals surface area (Å²) in [5, 5.41) is 0. The van der Waals surface area contributed by atoms with Gasteiger partial charge in [-0.2, -0.15) is 0 Å². The summed E-state index contributed by atoms with van der Waals surface area (Å²) < 4.78 is 12.3. The standard InChI is InChI=1S/C22H32O2/c1-6-7-8-9-16-13-19(23-5)21-17-12-15(2)10-11-18(17)22(3,4)24-20(21)14-16/h12-14,17-18H,6-11H2,1-5H3/t17-,18+/m1/s1. The Morgan fingerprint density at radius 1 is 1.25 bits per heavy atom. The number of aryl methyl sites for hydroxylation is 1. The van der Waals surface area contributed by atoms with E-state index in [1.165, 1.54) is 48.8 Å². The zero-order valence-corrected chi connectivity index (χ0v) is 15.9. The van der Waals surface area contributed by atoms with Crippen LogP contribution in [-0.4, -0.2) is 12.7 Å². The Balaban J connectivity index is 2.03. The zero-order valence-electron chi connectivity index (χ0n) is 15.9. The molecule has 1 aliphatic heterocycles. The van der Waals surface area contributed by atoms with Crippen LogP contribution >= 0.6 is 0 Å². The van der Waals surface area contributed by atoms with E-state index in [2.05, 4.69) is 45.9 Å². The predicted molar refractivity (Wildman–Crippen MR) is 100 cm³/mol. The fourth-order valence-corrected chi connectivity index (χ4v) is 4.45. The summed E-state index contributed by atoms with van der Waals surface area (Å²) in [6.07, 6.45) is 9.69. The molecular formula is C22H32O2. The minimum Gasteiger partial charge on any atom is -0.496 e. The lowest BCUT2D eigenvalue weighted by Gasteiger charge is -2.46. The van der Waals surface area contributed by atoms with Crippen molar-refractivity contribution in [3.05, 3.63) is 34.9 Å². The maximum absolute atomic E-state index is 6.50. The SMILES string of the molecule is CCCCCc1cc(OC)c2c(c1)OC(C)(C)[C@H]1CCC(C)=C[C@@H]21. The molecule has 0 fully saturated rings. The summed E-state index contributed by atoms with van der Waals surface area (Å²) in [6.45, 7) is 9.00. The molecule has 0 spiro atoms. The zero-order chi connectivity index (χ0) is 17.3. The van der Waals surface area contributed by atoms with Crippen LogP contribution in [-0.2, 0) is 6.42 Å². The minimum atomic E-state index is -0.123. The third-order valence-electron chi connectivity index (χ3n) is 5.80. The molecule has 1 heterocycles. The number of methoxy groups -OCH3 is 1. The Morgan fingerprint density at radius 2 is 2.04 bits per heavy atom. The molecule has 2 heteroatoms. The molecule has 24 heavy (non-hydrogen) atoms. The highest BCUT2D eigenvalue weighted by molar-refractivity contribution is 5.54. The first-order valence-corrected chi connectivity index (χ1v) is 9.53. The molecule has 0 saturated heterocycles. The second-order valence-electron chi connectivity index (χ2n) is 8.06. The molecule has 0 amide bonds. The van der Waals surface area contributed by atoms with Crippen molar-refractivity contribution in [2.45, 2.75) is 77.7 Å². The van der Waals surface area contributed by atoms with Crippen LogP contribution in [0.1, 0.15) is 76.8 Å².